The number of carbonyl (C=O) groups excluding carboxylic acids is 1. The van der Waals surface area contributed by atoms with Crippen molar-refractivity contribution in [1.29, 1.82) is 0 Å². The molecule has 0 amide bonds. The zero-order chi connectivity index (χ0) is 11.8. The third kappa shape index (κ3) is 5.03. The average Bonchev–Trinajstić information content (AvgIpc) is 3.00. The molecule has 0 saturated carbocycles. The summed E-state index contributed by atoms with van der Waals surface area (Å²) in [5.74, 6) is -0.244. The van der Waals surface area contributed by atoms with E-state index < -0.39 is 0 Å². The van der Waals surface area contributed by atoms with E-state index in [0.717, 1.165) is 12.0 Å². The van der Waals surface area contributed by atoms with Crippen molar-refractivity contribution < 1.29 is 26.6 Å². The summed E-state index contributed by atoms with van der Waals surface area (Å²) in [7, 11) is 1.40. The zero-order valence-corrected chi connectivity index (χ0v) is 11.1. The summed E-state index contributed by atoms with van der Waals surface area (Å²) in [6, 6.07) is 15.6. The molecule has 0 aliphatic rings. The predicted molar refractivity (Wildman–Crippen MR) is 64.8 cm³/mol. The van der Waals surface area contributed by atoms with Crippen molar-refractivity contribution in [2.45, 2.75) is 13.3 Å². The summed E-state index contributed by atoms with van der Waals surface area (Å²) in [4.78, 5) is 11.0. The molecular formula is C14H16FeO2-6. The van der Waals surface area contributed by atoms with Gasteiger partial charge in [0, 0.05) is 17.1 Å². The number of esters is 1. The van der Waals surface area contributed by atoms with Gasteiger partial charge in [0.15, 0.2) is 0 Å². The summed E-state index contributed by atoms with van der Waals surface area (Å²) in [5.41, 5.74) is 1.74. The van der Waals surface area contributed by atoms with E-state index in [1.165, 1.54) is 7.11 Å². The van der Waals surface area contributed by atoms with Crippen LogP contribution in [0.5, 0.6) is 0 Å². The molecule has 0 radical (unpaired) electrons. The van der Waals surface area contributed by atoms with Crippen LogP contribution in [0.1, 0.15) is 22.8 Å². The van der Waals surface area contributed by atoms with Gasteiger partial charge in [0.1, 0.15) is 0 Å². The number of ether oxygens (including phenoxy) is 1. The summed E-state index contributed by atoms with van der Waals surface area (Å²) < 4.78 is 4.60. The number of rotatable bonds is 2. The number of hydrogen-bond acceptors (Lipinski definition) is 2. The molecule has 2 nitrogen and oxygen atoms in total. The van der Waals surface area contributed by atoms with Crippen LogP contribution in [0, 0.1) is 0 Å². The van der Waals surface area contributed by atoms with Gasteiger partial charge in [-0.15, -0.1) is 5.56 Å². The second-order valence-corrected chi connectivity index (χ2v) is 3.27. The normalized spacial score (nSPS) is 8.59. The molecule has 2 aromatic carbocycles. The monoisotopic (exact) mass is 272 g/mol. The molecule has 0 atom stereocenters. The fraction of sp³-hybridized carbons (Fsp3) is 0.214. The van der Waals surface area contributed by atoms with Crippen LogP contribution in [0.4, 0.5) is 0 Å². The Balaban J connectivity index is 0.000000360. The fourth-order valence-corrected chi connectivity index (χ4v) is 1.40. The molecule has 0 aromatic heterocycles. The summed E-state index contributed by atoms with van der Waals surface area (Å²) >= 11 is 0. The molecule has 0 aliphatic heterocycles. The van der Waals surface area contributed by atoms with E-state index >= 15 is 0 Å². The standard InChI is InChI=1S/C9H11O2.C5H5.Fe/c1-3-7-5-4-6-8(7)9(10)11-2;1-2-4-5-3-1;/h4-6H,3H2,1-2H3;1-5H;/q-1;-5;. The first-order chi connectivity index (χ1) is 7.79. The molecule has 98 valence electrons. The van der Waals surface area contributed by atoms with Gasteiger partial charge in [0.25, 0.3) is 0 Å². The minimum Gasteiger partial charge on any atom is -0.748 e. The van der Waals surface area contributed by atoms with Gasteiger partial charge in [-0.1, -0.05) is 18.9 Å². The predicted octanol–water partition coefficient (Wildman–Crippen LogP) is 3.16. The molecule has 0 unspecified atom stereocenters. The second kappa shape index (κ2) is 8.80. The van der Waals surface area contributed by atoms with Crippen LogP contribution in [0.15, 0.2) is 48.5 Å². The average molecular weight is 272 g/mol. The minimum absolute atomic E-state index is 0. The summed E-state index contributed by atoms with van der Waals surface area (Å²) in [6.07, 6.45) is 0.872. The molecule has 17 heavy (non-hydrogen) atoms. The van der Waals surface area contributed by atoms with E-state index in [4.69, 9.17) is 0 Å². The Morgan fingerprint density at radius 1 is 1.29 bits per heavy atom. The molecule has 3 heteroatoms. The van der Waals surface area contributed by atoms with Gasteiger partial charge in [-0.05, 0) is 0 Å². The van der Waals surface area contributed by atoms with E-state index in [-0.39, 0.29) is 23.0 Å². The molecule has 0 saturated heterocycles. The third-order valence-electron chi connectivity index (χ3n) is 2.25. The molecule has 2 aromatic rings. The van der Waals surface area contributed by atoms with Crippen molar-refractivity contribution in [3.05, 3.63) is 59.7 Å². The van der Waals surface area contributed by atoms with E-state index in [1.807, 2.05) is 49.4 Å². The Morgan fingerprint density at radius 3 is 2.24 bits per heavy atom. The molecular weight excluding hydrogens is 256 g/mol. The number of hydrogen-bond donors (Lipinski definition) is 0. The Bertz CT molecular complexity index is 384. The second-order valence-electron chi connectivity index (χ2n) is 3.27. The van der Waals surface area contributed by atoms with Crippen molar-refractivity contribution in [2.24, 2.45) is 0 Å². The molecule has 0 bridgehead atoms. The number of methoxy groups -OCH3 is 1. The van der Waals surface area contributed by atoms with Crippen molar-refractivity contribution in [1.82, 2.24) is 0 Å². The van der Waals surface area contributed by atoms with Crippen LogP contribution >= 0.6 is 0 Å². The Morgan fingerprint density at radius 2 is 1.82 bits per heavy atom. The van der Waals surface area contributed by atoms with Crippen LogP contribution < -0.4 is 0 Å². The van der Waals surface area contributed by atoms with E-state index in [9.17, 15) is 4.79 Å². The molecule has 0 N–H and O–H groups in total. The van der Waals surface area contributed by atoms with Crippen LogP contribution in [0.2, 0.25) is 0 Å². The summed E-state index contributed by atoms with van der Waals surface area (Å²) in [6.45, 7) is 2.02. The number of carbonyl (C=O) groups is 1. The van der Waals surface area contributed by atoms with Gasteiger partial charge in [-0.3, -0.25) is 0 Å². The Labute approximate surface area is 113 Å². The van der Waals surface area contributed by atoms with Gasteiger partial charge in [0.05, 0.1) is 7.11 Å². The van der Waals surface area contributed by atoms with Crippen LogP contribution in [0.3, 0.4) is 0 Å². The molecule has 0 spiro atoms. The first kappa shape index (κ1) is 15.7. The molecule has 2 rings (SSSR count). The van der Waals surface area contributed by atoms with Gasteiger partial charge in [0.2, 0.25) is 5.97 Å². The quantitative estimate of drug-likeness (QED) is 0.477. The molecule has 0 aliphatic carbocycles. The maximum atomic E-state index is 11.0. The van der Waals surface area contributed by atoms with Crippen molar-refractivity contribution in [3.63, 3.8) is 0 Å². The largest absolute Gasteiger partial charge is 0.748 e. The summed E-state index contributed by atoms with van der Waals surface area (Å²) in [5, 5.41) is 0. The fourth-order valence-electron chi connectivity index (χ4n) is 1.40. The molecule has 0 fully saturated rings. The third-order valence-corrected chi connectivity index (χ3v) is 2.25. The van der Waals surface area contributed by atoms with Gasteiger partial charge < -0.3 is 39.9 Å². The van der Waals surface area contributed by atoms with Crippen LogP contribution in [-0.2, 0) is 28.2 Å². The van der Waals surface area contributed by atoms with E-state index in [0.29, 0.717) is 5.56 Å². The SMILES string of the molecule is CC[c-]1cccc1C(=O)OC.[Fe].[cH-]1[cH-][cH-][cH-][cH-]1. The van der Waals surface area contributed by atoms with Crippen molar-refractivity contribution in [2.75, 3.05) is 7.11 Å². The molecule has 0 heterocycles. The van der Waals surface area contributed by atoms with Crippen molar-refractivity contribution >= 4 is 5.97 Å². The Kier molecular flexibility index (Phi) is 8.12. The first-order valence-electron chi connectivity index (χ1n) is 5.29. The zero-order valence-electron chi connectivity index (χ0n) is 10.00. The maximum absolute atomic E-state index is 11.0. The van der Waals surface area contributed by atoms with Gasteiger partial charge in [-0.2, -0.15) is 18.2 Å². The number of aryl methyl sites for hydroxylation is 1. The first-order valence-corrected chi connectivity index (χ1v) is 5.29. The van der Waals surface area contributed by atoms with Gasteiger partial charge >= 0.3 is 0 Å². The maximum Gasteiger partial charge on any atom is 0.249 e. The van der Waals surface area contributed by atoms with Gasteiger partial charge in [-0.25, -0.2) is 0 Å². The minimum atomic E-state index is -0.244. The van der Waals surface area contributed by atoms with Crippen LogP contribution in [0.25, 0.3) is 0 Å². The topological polar surface area (TPSA) is 26.3 Å². The Hall–Kier alpha value is -1.31. The smallest absolute Gasteiger partial charge is 0.249 e. The van der Waals surface area contributed by atoms with E-state index in [2.05, 4.69) is 4.74 Å². The van der Waals surface area contributed by atoms with Crippen LogP contribution in [-0.4, -0.2) is 13.1 Å². The van der Waals surface area contributed by atoms with E-state index in [1.54, 1.807) is 6.07 Å². The van der Waals surface area contributed by atoms with Crippen molar-refractivity contribution in [3.8, 4) is 0 Å².